The smallest absolute Gasteiger partial charge is 0.319 e. The molecule has 0 saturated carbocycles. The summed E-state index contributed by atoms with van der Waals surface area (Å²) in [6, 6.07) is 11.5. The zero-order valence-electron chi connectivity index (χ0n) is 17.2. The number of methoxy groups -OCH3 is 1. The Morgan fingerprint density at radius 1 is 1.03 bits per heavy atom. The van der Waals surface area contributed by atoms with E-state index in [1.165, 1.54) is 29.5 Å². The summed E-state index contributed by atoms with van der Waals surface area (Å²) in [5.41, 5.74) is 0.859. The first kappa shape index (κ1) is 22.2. The molecule has 0 bridgehead atoms. The van der Waals surface area contributed by atoms with E-state index in [2.05, 4.69) is 26.1 Å². The lowest BCUT2D eigenvalue weighted by Crippen LogP contribution is -2.48. The van der Waals surface area contributed by atoms with Crippen molar-refractivity contribution in [1.29, 1.82) is 0 Å². The third-order valence-corrected chi connectivity index (χ3v) is 5.24. The molecule has 162 valence electrons. The highest BCUT2D eigenvalue weighted by Crippen LogP contribution is 2.28. The SMILES string of the molecule is COc1ccc(-c2nnc(NC(=O)C(NC(=O)Nc3ccccc3F)C(C)C)s2)cc1. The van der Waals surface area contributed by atoms with Crippen LogP contribution in [0.3, 0.4) is 0 Å². The number of hydrogen-bond donors (Lipinski definition) is 3. The average Bonchev–Trinajstić information content (AvgIpc) is 3.22. The number of urea groups is 1. The van der Waals surface area contributed by atoms with Crippen molar-refractivity contribution < 1.29 is 18.7 Å². The molecule has 3 amide bonds. The summed E-state index contributed by atoms with van der Waals surface area (Å²) in [6.07, 6.45) is 0. The van der Waals surface area contributed by atoms with Crippen LogP contribution in [0.5, 0.6) is 5.75 Å². The summed E-state index contributed by atoms with van der Waals surface area (Å²) in [4.78, 5) is 25.0. The average molecular weight is 444 g/mol. The van der Waals surface area contributed by atoms with E-state index in [1.54, 1.807) is 27.0 Å². The van der Waals surface area contributed by atoms with E-state index in [1.807, 2.05) is 24.3 Å². The first-order chi connectivity index (χ1) is 14.9. The molecule has 10 heteroatoms. The fourth-order valence-corrected chi connectivity index (χ4v) is 3.46. The highest BCUT2D eigenvalue weighted by molar-refractivity contribution is 7.18. The van der Waals surface area contributed by atoms with E-state index in [9.17, 15) is 14.0 Å². The van der Waals surface area contributed by atoms with Gasteiger partial charge in [-0.3, -0.25) is 10.1 Å². The summed E-state index contributed by atoms with van der Waals surface area (Å²) in [7, 11) is 1.59. The van der Waals surface area contributed by atoms with Gasteiger partial charge in [0.1, 0.15) is 22.6 Å². The number of para-hydroxylation sites is 1. The number of amides is 3. The van der Waals surface area contributed by atoms with Crippen LogP contribution in [0.2, 0.25) is 0 Å². The Bertz CT molecular complexity index is 1060. The molecule has 31 heavy (non-hydrogen) atoms. The Balaban J connectivity index is 1.64. The summed E-state index contributed by atoms with van der Waals surface area (Å²) in [6.45, 7) is 3.58. The van der Waals surface area contributed by atoms with E-state index in [0.717, 1.165) is 11.3 Å². The molecule has 0 saturated heterocycles. The normalized spacial score (nSPS) is 11.6. The number of carbonyl (C=O) groups is 2. The van der Waals surface area contributed by atoms with Crippen LogP contribution >= 0.6 is 11.3 Å². The van der Waals surface area contributed by atoms with Gasteiger partial charge in [-0.25, -0.2) is 9.18 Å². The molecule has 0 radical (unpaired) electrons. The molecule has 1 aromatic heterocycles. The molecule has 3 aromatic rings. The van der Waals surface area contributed by atoms with E-state index in [-0.39, 0.29) is 11.6 Å². The minimum atomic E-state index is -0.861. The maximum atomic E-state index is 13.7. The minimum absolute atomic E-state index is 0.0242. The number of halogens is 1. The van der Waals surface area contributed by atoms with Crippen molar-refractivity contribution in [3.8, 4) is 16.3 Å². The van der Waals surface area contributed by atoms with Crippen LogP contribution < -0.4 is 20.7 Å². The lowest BCUT2D eigenvalue weighted by molar-refractivity contribution is -0.118. The van der Waals surface area contributed by atoms with Gasteiger partial charge in [-0.05, 0) is 42.3 Å². The molecule has 1 atom stereocenters. The van der Waals surface area contributed by atoms with Crippen LogP contribution in [-0.2, 0) is 4.79 Å². The monoisotopic (exact) mass is 443 g/mol. The molecule has 0 aliphatic carbocycles. The van der Waals surface area contributed by atoms with Crippen LogP contribution in [0, 0.1) is 11.7 Å². The highest BCUT2D eigenvalue weighted by Gasteiger charge is 2.25. The van der Waals surface area contributed by atoms with Crippen LogP contribution in [0.1, 0.15) is 13.8 Å². The van der Waals surface area contributed by atoms with Crippen LogP contribution in [0.15, 0.2) is 48.5 Å². The third-order valence-electron chi connectivity index (χ3n) is 4.35. The van der Waals surface area contributed by atoms with E-state index >= 15 is 0 Å². The van der Waals surface area contributed by atoms with Gasteiger partial charge in [0.2, 0.25) is 11.0 Å². The van der Waals surface area contributed by atoms with Gasteiger partial charge in [0.15, 0.2) is 0 Å². The van der Waals surface area contributed by atoms with Crippen molar-refractivity contribution >= 4 is 34.1 Å². The Hall–Kier alpha value is -3.53. The molecule has 1 heterocycles. The van der Waals surface area contributed by atoms with Gasteiger partial charge < -0.3 is 15.4 Å². The van der Waals surface area contributed by atoms with Gasteiger partial charge in [-0.15, -0.1) is 10.2 Å². The Morgan fingerprint density at radius 2 is 1.74 bits per heavy atom. The molecule has 0 aliphatic heterocycles. The summed E-state index contributed by atoms with van der Waals surface area (Å²) < 4.78 is 18.9. The molecule has 3 N–H and O–H groups in total. The second-order valence-electron chi connectivity index (χ2n) is 6.93. The fraction of sp³-hybridized carbons (Fsp3) is 0.238. The molecule has 0 aliphatic rings. The predicted octanol–water partition coefficient (Wildman–Crippen LogP) is 4.14. The first-order valence-corrected chi connectivity index (χ1v) is 10.3. The van der Waals surface area contributed by atoms with E-state index in [0.29, 0.717) is 10.1 Å². The summed E-state index contributed by atoms with van der Waals surface area (Å²) in [5, 5.41) is 16.7. The number of ether oxygens (including phenoxy) is 1. The van der Waals surface area contributed by atoms with Gasteiger partial charge in [0.05, 0.1) is 12.8 Å². The van der Waals surface area contributed by atoms with Gasteiger partial charge in [0.25, 0.3) is 0 Å². The lowest BCUT2D eigenvalue weighted by atomic mass is 10.0. The van der Waals surface area contributed by atoms with Gasteiger partial charge >= 0.3 is 6.03 Å². The molecule has 8 nitrogen and oxygen atoms in total. The third kappa shape index (κ3) is 5.76. The molecule has 0 fully saturated rings. The van der Waals surface area contributed by atoms with E-state index in [4.69, 9.17) is 4.74 Å². The van der Waals surface area contributed by atoms with Crippen molar-refractivity contribution in [1.82, 2.24) is 15.5 Å². The first-order valence-electron chi connectivity index (χ1n) is 9.48. The number of carbonyl (C=O) groups excluding carboxylic acids is 2. The Morgan fingerprint density at radius 3 is 2.39 bits per heavy atom. The van der Waals surface area contributed by atoms with Crippen LogP contribution in [-0.4, -0.2) is 35.3 Å². The zero-order valence-corrected chi connectivity index (χ0v) is 18.0. The predicted molar refractivity (Wildman–Crippen MR) is 118 cm³/mol. The number of benzene rings is 2. The molecule has 3 rings (SSSR count). The standard InChI is InChI=1S/C21H22FN5O3S/c1-12(2)17(24-20(29)23-16-7-5-4-6-15(16)22)18(28)25-21-27-26-19(31-21)13-8-10-14(30-3)11-9-13/h4-12,17H,1-3H3,(H2,23,24,29)(H,25,27,28). The summed E-state index contributed by atoms with van der Waals surface area (Å²) in [5.74, 6) is -0.513. The number of nitrogens with one attached hydrogen (secondary N) is 3. The fourth-order valence-electron chi connectivity index (χ4n) is 2.70. The molecule has 2 aromatic carbocycles. The topological polar surface area (TPSA) is 105 Å². The zero-order chi connectivity index (χ0) is 22.4. The lowest BCUT2D eigenvalue weighted by Gasteiger charge is -2.21. The number of aromatic nitrogens is 2. The van der Waals surface area contributed by atoms with E-state index < -0.39 is 23.8 Å². The number of hydrogen-bond acceptors (Lipinski definition) is 6. The van der Waals surface area contributed by atoms with Gasteiger partial charge in [-0.1, -0.05) is 37.3 Å². The Labute approximate surface area is 182 Å². The van der Waals surface area contributed by atoms with Crippen molar-refractivity contribution in [2.75, 3.05) is 17.7 Å². The maximum absolute atomic E-state index is 13.7. The largest absolute Gasteiger partial charge is 0.497 e. The maximum Gasteiger partial charge on any atom is 0.319 e. The summed E-state index contributed by atoms with van der Waals surface area (Å²) >= 11 is 1.21. The number of nitrogens with zero attached hydrogens (tertiary/aromatic N) is 2. The second kappa shape index (κ2) is 9.98. The van der Waals surface area contributed by atoms with Crippen molar-refractivity contribution in [2.45, 2.75) is 19.9 Å². The van der Waals surface area contributed by atoms with Crippen LogP contribution in [0.4, 0.5) is 20.0 Å². The molecular weight excluding hydrogens is 421 g/mol. The highest BCUT2D eigenvalue weighted by atomic mass is 32.1. The Kier molecular flexibility index (Phi) is 7.14. The van der Waals surface area contributed by atoms with Crippen molar-refractivity contribution in [3.63, 3.8) is 0 Å². The quantitative estimate of drug-likeness (QED) is 0.509. The molecule has 1 unspecified atom stereocenters. The van der Waals surface area contributed by atoms with Crippen LogP contribution in [0.25, 0.3) is 10.6 Å². The minimum Gasteiger partial charge on any atom is -0.497 e. The number of rotatable bonds is 7. The van der Waals surface area contributed by atoms with Crippen molar-refractivity contribution in [3.05, 3.63) is 54.3 Å². The molecular formula is C21H22FN5O3S. The number of anilines is 2. The van der Waals surface area contributed by atoms with Gasteiger partial charge in [0, 0.05) is 5.56 Å². The second-order valence-corrected chi connectivity index (χ2v) is 7.91. The van der Waals surface area contributed by atoms with Gasteiger partial charge in [-0.2, -0.15) is 0 Å². The molecule has 0 spiro atoms. The van der Waals surface area contributed by atoms with Crippen molar-refractivity contribution in [2.24, 2.45) is 5.92 Å².